The van der Waals surface area contributed by atoms with Crippen molar-refractivity contribution in [3.05, 3.63) is 94.6 Å². The van der Waals surface area contributed by atoms with Gasteiger partial charge >= 0.3 is 0 Å². The molecular formula is C31H33NO5. The second-order valence-electron chi connectivity index (χ2n) is 10.1. The van der Waals surface area contributed by atoms with Crippen LogP contribution in [0.3, 0.4) is 0 Å². The summed E-state index contributed by atoms with van der Waals surface area (Å²) >= 11 is 0. The van der Waals surface area contributed by atoms with E-state index in [-0.39, 0.29) is 16.7 Å². The van der Waals surface area contributed by atoms with Gasteiger partial charge in [-0.2, -0.15) is 0 Å². The first-order chi connectivity index (χ1) is 17.6. The zero-order valence-electron chi connectivity index (χ0n) is 22.2. The second-order valence-corrected chi connectivity index (χ2v) is 10.1. The van der Waals surface area contributed by atoms with Crippen LogP contribution < -0.4 is 14.4 Å². The zero-order chi connectivity index (χ0) is 26.9. The molecule has 1 heterocycles. The van der Waals surface area contributed by atoms with E-state index < -0.39 is 17.7 Å². The molecule has 1 N–H and O–H groups in total. The first kappa shape index (κ1) is 26.0. The zero-order valence-corrected chi connectivity index (χ0v) is 22.2. The van der Waals surface area contributed by atoms with Crippen LogP contribution in [0.4, 0.5) is 5.69 Å². The van der Waals surface area contributed by atoms with Crippen molar-refractivity contribution in [1.82, 2.24) is 0 Å². The number of Topliss-reactive ketones (excluding diaryl/α,β-unsaturated/α-hetero) is 1. The number of anilines is 1. The van der Waals surface area contributed by atoms with Gasteiger partial charge in [-0.15, -0.1) is 0 Å². The van der Waals surface area contributed by atoms with E-state index in [0.29, 0.717) is 23.6 Å². The van der Waals surface area contributed by atoms with E-state index in [1.807, 2.05) is 50.2 Å². The molecule has 1 aliphatic rings. The predicted molar refractivity (Wildman–Crippen MR) is 145 cm³/mol. The van der Waals surface area contributed by atoms with Gasteiger partial charge in [0.2, 0.25) is 0 Å². The molecule has 1 fully saturated rings. The molecular weight excluding hydrogens is 466 g/mol. The standard InChI is InChI=1S/C31H33NO5/c1-7-37-25-17-12-20(18-24(25)31(3,4)5)28(33)26-27(23-11-9-8-10-19(23)2)32(30(35)29(26)34)21-13-15-22(36-6)16-14-21/h8-18,27,33H,7H2,1-6H3/b28-26+. The number of aliphatic hydroxyl groups is 1. The molecule has 192 valence electrons. The number of aryl methyl sites for hydroxylation is 1. The maximum Gasteiger partial charge on any atom is 0.300 e. The van der Waals surface area contributed by atoms with E-state index in [1.54, 1.807) is 37.4 Å². The molecule has 3 aromatic rings. The summed E-state index contributed by atoms with van der Waals surface area (Å²) < 4.78 is 11.1. The van der Waals surface area contributed by atoms with Gasteiger partial charge in [-0.25, -0.2) is 0 Å². The quantitative estimate of drug-likeness (QED) is 0.244. The van der Waals surface area contributed by atoms with Crippen LogP contribution >= 0.6 is 0 Å². The third-order valence-electron chi connectivity index (χ3n) is 6.64. The average molecular weight is 500 g/mol. The van der Waals surface area contributed by atoms with Crippen LogP contribution in [-0.4, -0.2) is 30.5 Å². The molecule has 3 aromatic carbocycles. The Labute approximate surface area is 218 Å². The number of methoxy groups -OCH3 is 1. The molecule has 1 unspecified atom stereocenters. The summed E-state index contributed by atoms with van der Waals surface area (Å²) in [4.78, 5) is 28.4. The van der Waals surface area contributed by atoms with Crippen molar-refractivity contribution in [3.63, 3.8) is 0 Å². The summed E-state index contributed by atoms with van der Waals surface area (Å²) in [6.45, 7) is 10.5. The van der Waals surface area contributed by atoms with Crippen LogP contribution in [-0.2, 0) is 15.0 Å². The summed E-state index contributed by atoms with van der Waals surface area (Å²) in [5.74, 6) is -0.275. The Balaban J connectivity index is 1.95. The number of benzene rings is 3. The van der Waals surface area contributed by atoms with E-state index in [4.69, 9.17) is 9.47 Å². The fraction of sp³-hybridized carbons (Fsp3) is 0.290. The molecule has 4 rings (SSSR count). The van der Waals surface area contributed by atoms with Gasteiger partial charge in [-0.1, -0.05) is 45.0 Å². The minimum Gasteiger partial charge on any atom is -0.507 e. The summed E-state index contributed by atoms with van der Waals surface area (Å²) in [5.41, 5.74) is 3.35. The Morgan fingerprint density at radius 1 is 1.00 bits per heavy atom. The summed E-state index contributed by atoms with van der Waals surface area (Å²) in [7, 11) is 1.57. The number of rotatable bonds is 6. The van der Waals surface area contributed by atoms with Gasteiger partial charge in [0.05, 0.1) is 25.3 Å². The molecule has 1 atom stereocenters. The Morgan fingerprint density at radius 2 is 1.68 bits per heavy atom. The number of hydrogen-bond donors (Lipinski definition) is 1. The van der Waals surface area contributed by atoms with E-state index >= 15 is 0 Å². The van der Waals surface area contributed by atoms with Crippen molar-refractivity contribution in [2.75, 3.05) is 18.6 Å². The highest BCUT2D eigenvalue weighted by atomic mass is 16.5. The number of ketones is 1. The van der Waals surface area contributed by atoms with E-state index in [2.05, 4.69) is 20.8 Å². The van der Waals surface area contributed by atoms with Crippen molar-refractivity contribution < 1.29 is 24.2 Å². The molecule has 37 heavy (non-hydrogen) atoms. The highest BCUT2D eigenvalue weighted by molar-refractivity contribution is 6.51. The molecule has 1 amide bonds. The average Bonchev–Trinajstić information content (AvgIpc) is 3.13. The van der Waals surface area contributed by atoms with Crippen LogP contribution in [0.15, 0.2) is 72.3 Å². The number of carbonyl (C=O) groups is 2. The summed E-state index contributed by atoms with van der Waals surface area (Å²) in [5, 5.41) is 11.6. The van der Waals surface area contributed by atoms with Gasteiger partial charge in [-0.3, -0.25) is 14.5 Å². The topological polar surface area (TPSA) is 76.1 Å². The molecule has 0 radical (unpaired) electrons. The smallest absolute Gasteiger partial charge is 0.300 e. The maximum atomic E-state index is 13.5. The van der Waals surface area contributed by atoms with Crippen molar-refractivity contribution in [3.8, 4) is 11.5 Å². The lowest BCUT2D eigenvalue weighted by atomic mass is 9.84. The first-order valence-electron chi connectivity index (χ1n) is 12.4. The van der Waals surface area contributed by atoms with Gasteiger partial charge in [0.25, 0.3) is 11.7 Å². The molecule has 6 nitrogen and oxygen atoms in total. The van der Waals surface area contributed by atoms with E-state index in [1.165, 1.54) is 4.90 Å². The predicted octanol–water partition coefficient (Wildman–Crippen LogP) is 6.33. The van der Waals surface area contributed by atoms with Gasteiger partial charge in [-0.05, 0) is 72.9 Å². The SMILES string of the molecule is CCOc1ccc(/C(O)=C2\C(=O)C(=O)N(c3ccc(OC)cc3)C2c2ccccc2C)cc1C(C)(C)C. The maximum absolute atomic E-state index is 13.5. The number of carbonyl (C=O) groups excluding carboxylic acids is 2. The number of hydrogen-bond acceptors (Lipinski definition) is 5. The minimum atomic E-state index is -0.792. The number of amides is 1. The first-order valence-corrected chi connectivity index (χ1v) is 12.4. The van der Waals surface area contributed by atoms with Gasteiger partial charge in [0, 0.05) is 16.8 Å². The summed E-state index contributed by atoms with van der Waals surface area (Å²) in [6, 6.07) is 19.1. The Hall–Kier alpha value is -4.06. The lowest BCUT2D eigenvalue weighted by Crippen LogP contribution is -2.29. The Morgan fingerprint density at radius 3 is 2.27 bits per heavy atom. The number of aliphatic hydroxyl groups excluding tert-OH is 1. The molecule has 0 saturated carbocycles. The van der Waals surface area contributed by atoms with Crippen molar-refractivity contribution in [2.24, 2.45) is 0 Å². The van der Waals surface area contributed by atoms with Crippen molar-refractivity contribution in [2.45, 2.75) is 46.1 Å². The normalized spacial score (nSPS) is 17.2. The highest BCUT2D eigenvalue weighted by Crippen LogP contribution is 2.44. The largest absolute Gasteiger partial charge is 0.507 e. The van der Waals surface area contributed by atoms with Crippen molar-refractivity contribution in [1.29, 1.82) is 0 Å². The second kappa shape index (κ2) is 10.1. The molecule has 1 saturated heterocycles. The Kier molecular flexibility index (Phi) is 7.12. The lowest BCUT2D eigenvalue weighted by Gasteiger charge is -2.27. The van der Waals surface area contributed by atoms with E-state index in [9.17, 15) is 14.7 Å². The van der Waals surface area contributed by atoms with Gasteiger partial charge in [0.1, 0.15) is 17.3 Å². The van der Waals surface area contributed by atoms with Gasteiger partial charge in [0.15, 0.2) is 0 Å². The number of nitrogens with zero attached hydrogens (tertiary/aromatic N) is 1. The monoisotopic (exact) mass is 499 g/mol. The third kappa shape index (κ3) is 4.84. The van der Waals surface area contributed by atoms with Gasteiger partial charge < -0.3 is 14.6 Å². The fourth-order valence-corrected chi connectivity index (χ4v) is 4.73. The van der Waals surface area contributed by atoms with Crippen LogP contribution in [0.25, 0.3) is 5.76 Å². The molecule has 0 aliphatic carbocycles. The fourth-order valence-electron chi connectivity index (χ4n) is 4.73. The molecule has 1 aliphatic heterocycles. The molecule has 0 aromatic heterocycles. The van der Waals surface area contributed by atoms with Crippen molar-refractivity contribution >= 4 is 23.1 Å². The molecule has 0 bridgehead atoms. The van der Waals surface area contributed by atoms with Crippen LogP contribution in [0.5, 0.6) is 11.5 Å². The van der Waals surface area contributed by atoms with E-state index in [0.717, 1.165) is 22.4 Å². The highest BCUT2D eigenvalue weighted by Gasteiger charge is 2.47. The minimum absolute atomic E-state index is 0.0548. The van der Waals surface area contributed by atoms with Crippen LogP contribution in [0.2, 0.25) is 0 Å². The Bertz CT molecular complexity index is 1370. The summed E-state index contributed by atoms with van der Waals surface area (Å²) in [6.07, 6.45) is 0. The van der Waals surface area contributed by atoms with Crippen LogP contribution in [0.1, 0.15) is 56.0 Å². The lowest BCUT2D eigenvalue weighted by molar-refractivity contribution is -0.132. The third-order valence-corrected chi connectivity index (χ3v) is 6.64. The van der Waals surface area contributed by atoms with Crippen LogP contribution in [0, 0.1) is 6.92 Å². The number of ether oxygens (including phenoxy) is 2. The molecule has 6 heteroatoms. The molecule has 0 spiro atoms.